The van der Waals surface area contributed by atoms with Crippen molar-refractivity contribution in [1.82, 2.24) is 0 Å². The van der Waals surface area contributed by atoms with Crippen molar-refractivity contribution < 1.29 is 14.6 Å². The summed E-state index contributed by atoms with van der Waals surface area (Å²) >= 11 is 3.33. The fourth-order valence-corrected chi connectivity index (χ4v) is 1.88. The highest BCUT2D eigenvalue weighted by atomic mass is 79.9. The number of rotatable bonds is 5. The lowest BCUT2D eigenvalue weighted by Gasteiger charge is -2.08. The minimum Gasteiger partial charge on any atom is -0.484 e. The maximum absolute atomic E-state index is 11.7. The van der Waals surface area contributed by atoms with Gasteiger partial charge in [0.2, 0.25) is 0 Å². The lowest BCUT2D eigenvalue weighted by Crippen LogP contribution is -2.20. The smallest absolute Gasteiger partial charge is 0.262 e. The fraction of sp³-hybridized carbons (Fsp3) is 0.133. The molecule has 0 atom stereocenters. The van der Waals surface area contributed by atoms with E-state index in [0.717, 1.165) is 10.0 Å². The molecule has 2 aromatic rings. The fourth-order valence-electron chi connectivity index (χ4n) is 1.61. The normalized spacial score (nSPS) is 10.1. The monoisotopic (exact) mass is 335 g/mol. The molecule has 0 saturated carbocycles. The molecule has 2 N–H and O–H groups in total. The zero-order valence-electron chi connectivity index (χ0n) is 10.7. The molecule has 0 aromatic heterocycles. The number of carbonyl (C=O) groups excluding carboxylic acids is 1. The van der Waals surface area contributed by atoms with Gasteiger partial charge >= 0.3 is 0 Å². The van der Waals surface area contributed by atoms with Gasteiger partial charge in [-0.2, -0.15) is 0 Å². The van der Waals surface area contributed by atoms with Crippen molar-refractivity contribution in [3.63, 3.8) is 0 Å². The Kier molecular flexibility index (Phi) is 5.15. The first-order chi connectivity index (χ1) is 9.67. The molecule has 2 rings (SSSR count). The van der Waals surface area contributed by atoms with Crippen LogP contribution >= 0.6 is 15.9 Å². The molecule has 2 aromatic carbocycles. The molecular formula is C15H14BrNO3. The van der Waals surface area contributed by atoms with Crippen molar-refractivity contribution in [1.29, 1.82) is 0 Å². The molecule has 0 heterocycles. The Bertz CT molecular complexity index is 584. The van der Waals surface area contributed by atoms with Gasteiger partial charge in [0.25, 0.3) is 5.91 Å². The molecular weight excluding hydrogens is 322 g/mol. The number of halogens is 1. The van der Waals surface area contributed by atoms with Crippen molar-refractivity contribution in [2.75, 3.05) is 11.9 Å². The van der Waals surface area contributed by atoms with Gasteiger partial charge in [-0.05, 0) is 42.0 Å². The predicted molar refractivity (Wildman–Crippen MR) is 80.6 cm³/mol. The van der Waals surface area contributed by atoms with E-state index in [9.17, 15) is 4.79 Å². The summed E-state index contributed by atoms with van der Waals surface area (Å²) in [6.07, 6.45) is 0. The van der Waals surface area contributed by atoms with Gasteiger partial charge in [0, 0.05) is 10.2 Å². The van der Waals surface area contributed by atoms with Crippen LogP contribution in [-0.2, 0) is 11.4 Å². The van der Waals surface area contributed by atoms with Crippen LogP contribution in [0.3, 0.4) is 0 Å². The molecule has 20 heavy (non-hydrogen) atoms. The third kappa shape index (κ3) is 4.36. The van der Waals surface area contributed by atoms with E-state index in [1.165, 1.54) is 0 Å². The number of anilines is 1. The van der Waals surface area contributed by atoms with Crippen LogP contribution in [0.2, 0.25) is 0 Å². The van der Waals surface area contributed by atoms with Crippen LogP contribution in [-0.4, -0.2) is 17.6 Å². The number of ether oxygens (including phenoxy) is 1. The number of aliphatic hydroxyl groups is 1. The molecule has 104 valence electrons. The van der Waals surface area contributed by atoms with Gasteiger partial charge in [-0.1, -0.05) is 28.1 Å². The van der Waals surface area contributed by atoms with E-state index < -0.39 is 0 Å². The van der Waals surface area contributed by atoms with Crippen LogP contribution in [0.25, 0.3) is 0 Å². The van der Waals surface area contributed by atoms with Crippen molar-refractivity contribution in [2.24, 2.45) is 0 Å². The largest absolute Gasteiger partial charge is 0.484 e. The summed E-state index contributed by atoms with van der Waals surface area (Å²) in [6, 6.07) is 14.3. The third-order valence-electron chi connectivity index (χ3n) is 2.58. The van der Waals surface area contributed by atoms with Crippen LogP contribution in [0, 0.1) is 0 Å². The summed E-state index contributed by atoms with van der Waals surface area (Å²) in [5.41, 5.74) is 1.46. The van der Waals surface area contributed by atoms with Crippen LogP contribution < -0.4 is 10.1 Å². The van der Waals surface area contributed by atoms with Crippen molar-refractivity contribution in [3.05, 3.63) is 58.6 Å². The molecule has 1 amide bonds. The summed E-state index contributed by atoms with van der Waals surface area (Å²) in [6.45, 7) is -0.132. The van der Waals surface area contributed by atoms with Gasteiger partial charge in [0.05, 0.1) is 6.61 Å². The van der Waals surface area contributed by atoms with E-state index in [4.69, 9.17) is 9.84 Å². The highest BCUT2D eigenvalue weighted by molar-refractivity contribution is 9.10. The zero-order valence-corrected chi connectivity index (χ0v) is 12.3. The summed E-state index contributed by atoms with van der Waals surface area (Å²) in [5, 5.41) is 11.8. The number of aliphatic hydroxyl groups excluding tert-OH is 1. The summed E-state index contributed by atoms with van der Waals surface area (Å²) in [7, 11) is 0. The first kappa shape index (κ1) is 14.6. The second-order valence-electron chi connectivity index (χ2n) is 4.15. The maximum atomic E-state index is 11.7. The molecule has 0 radical (unpaired) electrons. The summed E-state index contributed by atoms with van der Waals surface area (Å²) in [4.78, 5) is 11.7. The van der Waals surface area contributed by atoms with E-state index >= 15 is 0 Å². The predicted octanol–water partition coefficient (Wildman–Crippen LogP) is 2.96. The number of nitrogens with one attached hydrogen (secondary N) is 1. The molecule has 5 heteroatoms. The van der Waals surface area contributed by atoms with Gasteiger partial charge in [-0.15, -0.1) is 0 Å². The Morgan fingerprint density at radius 2 is 1.95 bits per heavy atom. The second kappa shape index (κ2) is 7.07. The highest BCUT2D eigenvalue weighted by Gasteiger charge is 2.04. The summed E-state index contributed by atoms with van der Waals surface area (Å²) < 4.78 is 6.33. The number of amides is 1. The molecule has 0 aliphatic heterocycles. The van der Waals surface area contributed by atoms with Crippen LogP contribution in [0.1, 0.15) is 5.56 Å². The Morgan fingerprint density at radius 3 is 2.65 bits per heavy atom. The van der Waals surface area contributed by atoms with E-state index in [1.54, 1.807) is 36.4 Å². The van der Waals surface area contributed by atoms with Crippen LogP contribution in [0.4, 0.5) is 5.69 Å². The minimum atomic E-state index is -0.235. The molecule has 0 fully saturated rings. The molecule has 0 bridgehead atoms. The Hall–Kier alpha value is -1.85. The van der Waals surface area contributed by atoms with E-state index in [0.29, 0.717) is 11.4 Å². The number of benzene rings is 2. The quantitative estimate of drug-likeness (QED) is 0.883. The van der Waals surface area contributed by atoms with Gasteiger partial charge in [0.15, 0.2) is 6.61 Å². The first-order valence-corrected chi connectivity index (χ1v) is 6.84. The zero-order chi connectivity index (χ0) is 14.4. The molecule has 0 aliphatic carbocycles. The van der Waals surface area contributed by atoms with Crippen molar-refractivity contribution in [3.8, 4) is 5.75 Å². The summed E-state index contributed by atoms with van der Waals surface area (Å²) in [5.74, 6) is 0.323. The SMILES string of the molecule is O=C(COc1cccc(CO)c1)Nc1ccc(Br)cc1. The molecule has 0 unspecified atom stereocenters. The van der Waals surface area contributed by atoms with Gasteiger partial charge in [-0.25, -0.2) is 0 Å². The maximum Gasteiger partial charge on any atom is 0.262 e. The third-order valence-corrected chi connectivity index (χ3v) is 3.11. The van der Waals surface area contributed by atoms with E-state index in [-0.39, 0.29) is 19.1 Å². The Balaban J connectivity index is 1.87. The Labute approximate surface area is 125 Å². The van der Waals surface area contributed by atoms with E-state index in [2.05, 4.69) is 21.2 Å². The number of hydrogen-bond donors (Lipinski definition) is 2. The van der Waals surface area contributed by atoms with Crippen LogP contribution in [0.15, 0.2) is 53.0 Å². The average molecular weight is 336 g/mol. The van der Waals surface area contributed by atoms with Crippen molar-refractivity contribution in [2.45, 2.75) is 6.61 Å². The molecule has 4 nitrogen and oxygen atoms in total. The van der Waals surface area contributed by atoms with Gasteiger partial charge in [-0.3, -0.25) is 4.79 Å². The molecule has 0 spiro atoms. The molecule has 0 aliphatic rings. The van der Waals surface area contributed by atoms with Gasteiger partial charge in [0.1, 0.15) is 5.75 Å². The lowest BCUT2D eigenvalue weighted by atomic mass is 10.2. The second-order valence-corrected chi connectivity index (χ2v) is 5.06. The highest BCUT2D eigenvalue weighted by Crippen LogP contribution is 2.15. The van der Waals surface area contributed by atoms with Gasteiger partial charge < -0.3 is 15.2 Å². The van der Waals surface area contributed by atoms with Crippen molar-refractivity contribution >= 4 is 27.5 Å². The average Bonchev–Trinajstić information content (AvgIpc) is 2.48. The topological polar surface area (TPSA) is 58.6 Å². The van der Waals surface area contributed by atoms with E-state index in [1.807, 2.05) is 12.1 Å². The molecule has 0 saturated heterocycles. The number of hydrogen-bond acceptors (Lipinski definition) is 3. The standard InChI is InChI=1S/C15H14BrNO3/c16-12-4-6-13(7-5-12)17-15(19)10-20-14-3-1-2-11(8-14)9-18/h1-8,18H,9-10H2,(H,17,19). The Morgan fingerprint density at radius 1 is 1.20 bits per heavy atom. The van der Waals surface area contributed by atoms with Crippen LogP contribution in [0.5, 0.6) is 5.75 Å². The lowest BCUT2D eigenvalue weighted by molar-refractivity contribution is -0.118. The minimum absolute atomic E-state index is 0.0533. The first-order valence-electron chi connectivity index (χ1n) is 6.05. The number of carbonyl (C=O) groups is 1.